The summed E-state index contributed by atoms with van der Waals surface area (Å²) in [6.07, 6.45) is 18.2. The van der Waals surface area contributed by atoms with Crippen LogP contribution < -0.4 is 20.6 Å². The molecule has 1 aromatic rings. The molecule has 3 heterocycles. The third kappa shape index (κ3) is 5.11. The number of anilines is 2. The number of allylic oxidation sites excluding steroid dienone is 4. The fourth-order valence-electron chi connectivity index (χ4n) is 7.51. The van der Waals surface area contributed by atoms with E-state index in [0.717, 1.165) is 50.4 Å². The molecule has 8 nitrogen and oxygen atoms in total. The molecule has 0 aromatic carbocycles. The lowest BCUT2D eigenvalue weighted by Crippen LogP contribution is -3.03. The van der Waals surface area contributed by atoms with Gasteiger partial charge in [0.05, 0.1) is 18.7 Å². The molecule has 2 aliphatic carbocycles. The number of ether oxygens (including phenoxy) is 1. The van der Waals surface area contributed by atoms with Crippen molar-refractivity contribution in [2.45, 2.75) is 66.2 Å². The van der Waals surface area contributed by atoms with Crippen molar-refractivity contribution >= 4 is 23.5 Å². The number of nitrogens with one attached hydrogen (secondary N) is 1. The number of aliphatic imine (C=N–C) groups is 1. The highest BCUT2D eigenvalue weighted by Gasteiger charge is 2.53. The van der Waals surface area contributed by atoms with Crippen LogP contribution in [0, 0.1) is 22.7 Å². The maximum Gasteiger partial charge on any atom is 0.256 e. The first kappa shape index (κ1) is 27.4. The van der Waals surface area contributed by atoms with Crippen LogP contribution in [0.15, 0.2) is 58.4 Å². The van der Waals surface area contributed by atoms with E-state index in [2.05, 4.69) is 66.8 Å². The molecular formula is C31H44N6O2. The average molecular weight is 533 g/mol. The molecule has 0 amide bonds. The summed E-state index contributed by atoms with van der Waals surface area (Å²) in [7, 11) is 2.12. The van der Waals surface area contributed by atoms with Gasteiger partial charge in [0.25, 0.3) is 5.82 Å². The normalized spacial score (nSPS) is 33.2. The van der Waals surface area contributed by atoms with E-state index in [9.17, 15) is 5.11 Å². The van der Waals surface area contributed by atoms with Gasteiger partial charge in [0.1, 0.15) is 6.33 Å². The van der Waals surface area contributed by atoms with Crippen molar-refractivity contribution in [1.82, 2.24) is 9.97 Å². The summed E-state index contributed by atoms with van der Waals surface area (Å²) in [6.45, 7) is 11.7. The Morgan fingerprint density at radius 1 is 1.31 bits per heavy atom. The third-order valence-electron chi connectivity index (χ3n) is 10.2. The van der Waals surface area contributed by atoms with Crippen molar-refractivity contribution in [3.63, 3.8) is 0 Å². The van der Waals surface area contributed by atoms with Crippen LogP contribution in [0.3, 0.4) is 0 Å². The first-order valence-electron chi connectivity index (χ1n) is 14.4. The predicted molar refractivity (Wildman–Crippen MR) is 154 cm³/mol. The lowest BCUT2D eigenvalue weighted by molar-refractivity contribution is -0.805. The van der Waals surface area contributed by atoms with Gasteiger partial charge < -0.3 is 20.5 Å². The lowest BCUT2D eigenvalue weighted by atomic mass is 9.47. The monoisotopic (exact) mass is 532 g/mol. The molecule has 0 saturated heterocycles. The highest BCUT2D eigenvalue weighted by molar-refractivity contribution is 5.77. The van der Waals surface area contributed by atoms with E-state index in [4.69, 9.17) is 10.5 Å². The van der Waals surface area contributed by atoms with Gasteiger partial charge in [0.15, 0.2) is 18.2 Å². The maximum absolute atomic E-state index is 12.5. The summed E-state index contributed by atoms with van der Waals surface area (Å²) >= 11 is 0. The molecule has 1 unspecified atom stereocenters. The molecule has 0 radical (unpaired) electrons. The van der Waals surface area contributed by atoms with Crippen LogP contribution in [0.25, 0.3) is 0 Å². The molecule has 5 atom stereocenters. The van der Waals surface area contributed by atoms with Gasteiger partial charge in [-0.2, -0.15) is 4.98 Å². The van der Waals surface area contributed by atoms with Crippen molar-refractivity contribution < 1.29 is 14.7 Å². The Kier molecular flexibility index (Phi) is 7.60. The first-order chi connectivity index (χ1) is 18.6. The van der Waals surface area contributed by atoms with E-state index in [1.165, 1.54) is 28.9 Å². The van der Waals surface area contributed by atoms with Crippen LogP contribution in [0.4, 0.5) is 17.3 Å². The van der Waals surface area contributed by atoms with Crippen LogP contribution >= 0.6 is 0 Å². The molecule has 1 saturated carbocycles. The Labute approximate surface area is 233 Å². The summed E-state index contributed by atoms with van der Waals surface area (Å²) in [5, 5.41) is 12.5. The number of hydrogen-bond donors (Lipinski definition) is 2. The second-order valence-corrected chi connectivity index (χ2v) is 12.5. The predicted octanol–water partition coefficient (Wildman–Crippen LogP) is 3.67. The zero-order valence-electron chi connectivity index (χ0n) is 24.2. The number of nitrogen functional groups attached to an aromatic ring is 1. The number of nitrogens with zero attached hydrogens (tertiary/aromatic N) is 4. The first-order valence-corrected chi connectivity index (χ1v) is 14.4. The molecule has 1 aromatic heterocycles. The molecule has 210 valence electrons. The van der Waals surface area contributed by atoms with Crippen molar-refractivity contribution in [2.75, 3.05) is 37.5 Å². The van der Waals surface area contributed by atoms with Gasteiger partial charge in [-0.3, -0.25) is 9.89 Å². The third-order valence-corrected chi connectivity index (χ3v) is 10.2. The smallest absolute Gasteiger partial charge is 0.256 e. The van der Waals surface area contributed by atoms with Crippen LogP contribution in [-0.2, 0) is 4.74 Å². The van der Waals surface area contributed by atoms with Crippen LogP contribution in [0.2, 0.25) is 0 Å². The fourth-order valence-corrected chi connectivity index (χ4v) is 7.51. The van der Waals surface area contributed by atoms with Gasteiger partial charge in [-0.1, -0.05) is 44.1 Å². The molecule has 0 bridgehead atoms. The Balaban J connectivity index is 1.25. The summed E-state index contributed by atoms with van der Waals surface area (Å²) in [4.78, 5) is 16.3. The molecule has 39 heavy (non-hydrogen) atoms. The van der Waals surface area contributed by atoms with Gasteiger partial charge in [-0.15, -0.1) is 0 Å². The van der Waals surface area contributed by atoms with E-state index < -0.39 is 0 Å². The Morgan fingerprint density at radius 2 is 2.13 bits per heavy atom. The maximum atomic E-state index is 12.5. The number of rotatable bonds is 8. The zero-order valence-corrected chi connectivity index (χ0v) is 24.2. The lowest BCUT2D eigenvalue weighted by Gasteiger charge is -2.58. The largest absolute Gasteiger partial charge is 0.607 e. The molecule has 3 N–H and O–H groups in total. The minimum Gasteiger partial charge on any atom is -0.607 e. The molecule has 8 heteroatoms. The topological polar surface area (TPSA) is 104 Å². The van der Waals surface area contributed by atoms with Gasteiger partial charge in [-0.25, -0.2) is 4.98 Å². The zero-order chi connectivity index (χ0) is 27.8. The fraction of sp³-hybridized carbons (Fsp3) is 0.581. The van der Waals surface area contributed by atoms with Crippen molar-refractivity contribution in [3.8, 4) is 0 Å². The Bertz CT molecular complexity index is 1240. The van der Waals surface area contributed by atoms with E-state index in [0.29, 0.717) is 30.0 Å². The highest BCUT2D eigenvalue weighted by Crippen LogP contribution is 2.62. The van der Waals surface area contributed by atoms with Crippen LogP contribution in [0.5, 0.6) is 0 Å². The van der Waals surface area contributed by atoms with Crippen molar-refractivity contribution in [1.29, 1.82) is 0 Å². The minimum absolute atomic E-state index is 0.0566. The molecule has 0 spiro atoms. The standard InChI is InChI=1S/C31H44N6O2/c1-21(13-17-37-20-36(5)28-26(37)27(32)34-19-35-28)11-14-30(3)22(2)12-15-31(4)23(8-6-10-25(30)31)18-39-29(38)24-9-7-16-33-24/h7-9,13,16,19,22,25,38H,6,10-12,14-15,17-18,20H2,1-5H3,(H2,32,34,35)/t22-,25-,30+,31-/m0/s1. The molecule has 1 fully saturated rings. The summed E-state index contributed by atoms with van der Waals surface area (Å²) in [5.74, 6) is 2.43. The average Bonchev–Trinajstić information content (AvgIpc) is 3.57. The van der Waals surface area contributed by atoms with E-state index in [1.54, 1.807) is 24.7 Å². The number of nitrogens with two attached hydrogens (primary N) is 1. The number of quaternary nitrogens is 1. The molecule has 4 aliphatic rings. The molecule has 5 rings (SSSR count). The van der Waals surface area contributed by atoms with Crippen molar-refractivity contribution in [2.24, 2.45) is 27.7 Å². The quantitative estimate of drug-likeness (QED) is 0.391. The molecular weight excluding hydrogens is 488 g/mol. The van der Waals surface area contributed by atoms with Gasteiger partial charge in [0, 0.05) is 19.4 Å². The number of aromatic nitrogens is 2. The van der Waals surface area contributed by atoms with E-state index in [1.807, 2.05) is 0 Å². The van der Waals surface area contributed by atoms with Crippen LogP contribution in [0.1, 0.15) is 66.2 Å². The summed E-state index contributed by atoms with van der Waals surface area (Å²) in [5.41, 5.74) is 10.6. The SMILES string of the molecule is CC(=CCN1C[NH+](C)c2ncnc(N)c21)CC[C@]1(C)[C@@H](C)CC[C@@]2(C)C(COC([O-])=C3C=CC=N3)=CCC[C@@H]12. The Hall–Kier alpha value is -3.13. The second kappa shape index (κ2) is 10.8. The van der Waals surface area contributed by atoms with Gasteiger partial charge >= 0.3 is 0 Å². The van der Waals surface area contributed by atoms with E-state index >= 15 is 0 Å². The Morgan fingerprint density at radius 3 is 2.90 bits per heavy atom. The second-order valence-electron chi connectivity index (χ2n) is 12.5. The highest BCUT2D eigenvalue weighted by atomic mass is 16.6. The van der Waals surface area contributed by atoms with Gasteiger partial charge in [0.2, 0.25) is 0 Å². The summed E-state index contributed by atoms with van der Waals surface area (Å²) < 4.78 is 5.75. The van der Waals surface area contributed by atoms with Crippen molar-refractivity contribution in [3.05, 3.63) is 53.4 Å². The van der Waals surface area contributed by atoms with E-state index in [-0.39, 0.29) is 16.8 Å². The minimum atomic E-state index is -0.332. The number of fused-ring (bicyclic) bond motifs is 2. The summed E-state index contributed by atoms with van der Waals surface area (Å²) in [6, 6.07) is 0. The molecule has 2 aliphatic heterocycles. The van der Waals surface area contributed by atoms with Crippen LogP contribution in [-0.4, -0.2) is 43.1 Å². The number of hydrogen-bond acceptors (Lipinski definition) is 7. The van der Waals surface area contributed by atoms with Gasteiger partial charge in [-0.05, 0) is 80.3 Å².